The Morgan fingerprint density at radius 1 is 0.583 bits per heavy atom. The fourth-order valence-electron chi connectivity index (χ4n) is 1.80. The Kier molecular flexibility index (Phi) is 2.76. The van der Waals surface area contributed by atoms with E-state index in [1.165, 1.54) is 0 Å². The fraction of sp³-hybridized carbons (Fsp3) is 1.00. The van der Waals surface area contributed by atoms with Crippen molar-refractivity contribution in [1.29, 1.82) is 0 Å². The molecule has 1 heterocycles. The summed E-state index contributed by atoms with van der Waals surface area (Å²) in [4.78, 5) is 7.12. The van der Waals surface area contributed by atoms with Crippen molar-refractivity contribution in [2.75, 3.05) is 21.1 Å². The van der Waals surface area contributed by atoms with Crippen LogP contribution in [0.25, 0.3) is 0 Å². The molecule has 0 unspecified atom stereocenters. The lowest BCUT2D eigenvalue weighted by atomic mass is 10.2. The molecule has 0 aromatic carbocycles. The second kappa shape index (κ2) is 3.32. The second-order valence-corrected chi connectivity index (χ2v) is 3.89. The first-order valence-electron chi connectivity index (χ1n) is 4.62. The highest BCUT2D eigenvalue weighted by Gasteiger charge is 2.33. The first-order valence-corrected chi connectivity index (χ1v) is 4.62. The van der Waals surface area contributed by atoms with Crippen molar-refractivity contribution >= 4 is 0 Å². The van der Waals surface area contributed by atoms with Crippen LogP contribution < -0.4 is 0 Å². The summed E-state index contributed by atoms with van der Waals surface area (Å²) >= 11 is 0. The highest BCUT2D eigenvalue weighted by atomic mass is 15.5. The van der Waals surface area contributed by atoms with E-state index in [0.29, 0.717) is 18.5 Å². The minimum atomic E-state index is 0.534. The minimum absolute atomic E-state index is 0.534. The van der Waals surface area contributed by atoms with Gasteiger partial charge in [-0.1, -0.05) is 0 Å². The number of rotatable bonds is 0. The van der Waals surface area contributed by atoms with Crippen LogP contribution in [0.3, 0.4) is 0 Å². The van der Waals surface area contributed by atoms with Crippen LogP contribution >= 0.6 is 0 Å². The molecular weight excluding hydrogens is 150 g/mol. The highest BCUT2D eigenvalue weighted by molar-refractivity contribution is 4.80. The van der Waals surface area contributed by atoms with Gasteiger partial charge in [0, 0.05) is 0 Å². The molecule has 12 heavy (non-hydrogen) atoms. The maximum atomic E-state index is 2.38. The third-order valence-electron chi connectivity index (χ3n) is 3.54. The Labute approximate surface area is 75.9 Å². The van der Waals surface area contributed by atoms with E-state index in [0.717, 1.165) is 0 Å². The molecule has 1 fully saturated rings. The molecule has 0 aromatic rings. The highest BCUT2D eigenvalue weighted by Crippen LogP contribution is 2.20. The number of hydrogen-bond donors (Lipinski definition) is 0. The minimum Gasteiger partial charge on any atom is -0.276 e. The molecule has 0 radical (unpaired) electrons. The maximum absolute atomic E-state index is 2.38. The van der Waals surface area contributed by atoms with Crippen LogP contribution in [0.2, 0.25) is 0 Å². The molecule has 3 nitrogen and oxygen atoms in total. The average molecular weight is 171 g/mol. The average Bonchev–Trinajstić information content (AvgIpc) is 2.08. The van der Waals surface area contributed by atoms with E-state index in [1.807, 2.05) is 0 Å². The predicted octanol–water partition coefficient (Wildman–Crippen LogP) is 0.833. The molecule has 1 aliphatic heterocycles. The molecule has 1 saturated heterocycles. The first-order chi connectivity index (χ1) is 5.46. The van der Waals surface area contributed by atoms with Gasteiger partial charge in [0.15, 0.2) is 0 Å². The van der Waals surface area contributed by atoms with Crippen LogP contribution in [-0.2, 0) is 0 Å². The molecule has 0 atom stereocenters. The van der Waals surface area contributed by atoms with Crippen molar-refractivity contribution in [2.45, 2.75) is 39.3 Å². The molecule has 3 heteroatoms. The predicted molar refractivity (Wildman–Crippen MR) is 51.7 cm³/mol. The summed E-state index contributed by atoms with van der Waals surface area (Å²) in [7, 11) is 6.52. The molecule has 0 bridgehead atoms. The SMILES string of the molecule is CC1N(C)C(C)N(C)C(C)N1C. The zero-order chi connectivity index (χ0) is 9.46. The van der Waals surface area contributed by atoms with Gasteiger partial charge in [0.1, 0.15) is 0 Å². The summed E-state index contributed by atoms with van der Waals surface area (Å²) in [6, 6.07) is 0. The number of hydrogen-bond acceptors (Lipinski definition) is 3. The van der Waals surface area contributed by atoms with Gasteiger partial charge in [0.25, 0.3) is 0 Å². The Bertz CT molecular complexity index is 101. The molecule has 0 aliphatic carbocycles. The van der Waals surface area contributed by atoms with Crippen LogP contribution in [0.4, 0.5) is 0 Å². The number of nitrogens with zero attached hydrogens (tertiary/aromatic N) is 3. The van der Waals surface area contributed by atoms with E-state index >= 15 is 0 Å². The van der Waals surface area contributed by atoms with Gasteiger partial charge < -0.3 is 0 Å². The Balaban J connectivity index is 2.76. The third kappa shape index (κ3) is 1.37. The summed E-state index contributed by atoms with van der Waals surface area (Å²) < 4.78 is 0. The van der Waals surface area contributed by atoms with Gasteiger partial charge in [-0.05, 0) is 41.9 Å². The van der Waals surface area contributed by atoms with Crippen molar-refractivity contribution in [1.82, 2.24) is 14.7 Å². The lowest BCUT2D eigenvalue weighted by Gasteiger charge is -2.51. The van der Waals surface area contributed by atoms with Crippen molar-refractivity contribution in [2.24, 2.45) is 0 Å². The van der Waals surface area contributed by atoms with E-state index in [-0.39, 0.29) is 0 Å². The first kappa shape index (κ1) is 9.96. The van der Waals surface area contributed by atoms with Crippen molar-refractivity contribution in [3.8, 4) is 0 Å². The molecule has 72 valence electrons. The molecular formula is C9H21N3. The standard InChI is InChI=1S/C9H21N3/c1-7-10(4)8(2)12(6)9(3)11(7)5/h7-9H,1-6H3. The van der Waals surface area contributed by atoms with Crippen LogP contribution in [-0.4, -0.2) is 54.3 Å². The summed E-state index contributed by atoms with van der Waals surface area (Å²) in [5, 5.41) is 0. The van der Waals surface area contributed by atoms with Crippen molar-refractivity contribution < 1.29 is 0 Å². The van der Waals surface area contributed by atoms with E-state index in [4.69, 9.17) is 0 Å². The lowest BCUT2D eigenvalue weighted by Crippen LogP contribution is -2.65. The van der Waals surface area contributed by atoms with Gasteiger partial charge in [-0.15, -0.1) is 0 Å². The van der Waals surface area contributed by atoms with Gasteiger partial charge in [-0.25, -0.2) is 0 Å². The van der Waals surface area contributed by atoms with Crippen molar-refractivity contribution in [3.05, 3.63) is 0 Å². The van der Waals surface area contributed by atoms with E-state index < -0.39 is 0 Å². The normalized spacial score (nSPS) is 42.0. The van der Waals surface area contributed by atoms with Crippen LogP contribution in [0.1, 0.15) is 20.8 Å². The van der Waals surface area contributed by atoms with Gasteiger partial charge in [-0.2, -0.15) is 0 Å². The molecule has 1 aliphatic rings. The molecule has 0 aromatic heterocycles. The second-order valence-electron chi connectivity index (χ2n) is 3.89. The molecule has 0 saturated carbocycles. The van der Waals surface area contributed by atoms with Crippen LogP contribution in [0.15, 0.2) is 0 Å². The van der Waals surface area contributed by atoms with Gasteiger partial charge in [-0.3, -0.25) is 14.7 Å². The van der Waals surface area contributed by atoms with Crippen molar-refractivity contribution in [3.63, 3.8) is 0 Å². The Morgan fingerprint density at radius 2 is 0.750 bits per heavy atom. The molecule has 0 spiro atoms. The monoisotopic (exact) mass is 171 g/mol. The van der Waals surface area contributed by atoms with E-state index in [9.17, 15) is 0 Å². The van der Waals surface area contributed by atoms with Gasteiger partial charge in [0.2, 0.25) is 0 Å². The zero-order valence-electron chi connectivity index (χ0n) is 9.07. The van der Waals surface area contributed by atoms with Gasteiger partial charge in [0.05, 0.1) is 18.5 Å². The summed E-state index contributed by atoms with van der Waals surface area (Å²) in [5.74, 6) is 0. The molecule has 0 N–H and O–H groups in total. The van der Waals surface area contributed by atoms with Crippen LogP contribution in [0.5, 0.6) is 0 Å². The zero-order valence-corrected chi connectivity index (χ0v) is 9.07. The van der Waals surface area contributed by atoms with Gasteiger partial charge >= 0.3 is 0 Å². The largest absolute Gasteiger partial charge is 0.276 e. The quantitative estimate of drug-likeness (QED) is 0.534. The Morgan fingerprint density at radius 3 is 0.917 bits per heavy atom. The topological polar surface area (TPSA) is 9.72 Å². The van der Waals surface area contributed by atoms with E-state index in [1.54, 1.807) is 0 Å². The molecule has 0 amide bonds. The summed E-state index contributed by atoms with van der Waals surface area (Å²) in [5.41, 5.74) is 0. The lowest BCUT2D eigenvalue weighted by molar-refractivity contribution is -0.123. The van der Waals surface area contributed by atoms with Crippen LogP contribution in [0, 0.1) is 0 Å². The summed E-state index contributed by atoms with van der Waals surface area (Å²) in [6.45, 7) is 6.75. The summed E-state index contributed by atoms with van der Waals surface area (Å²) in [6.07, 6.45) is 1.60. The van der Waals surface area contributed by atoms with E-state index in [2.05, 4.69) is 56.6 Å². The third-order valence-corrected chi connectivity index (χ3v) is 3.54. The maximum Gasteiger partial charge on any atom is 0.0614 e. The molecule has 1 rings (SSSR count). The Hall–Kier alpha value is -0.120. The fourth-order valence-corrected chi connectivity index (χ4v) is 1.80. The smallest absolute Gasteiger partial charge is 0.0614 e.